The zero-order chi connectivity index (χ0) is 12.1. The van der Waals surface area contributed by atoms with Crippen LogP contribution < -0.4 is 0 Å². The Labute approximate surface area is 99.7 Å². The van der Waals surface area contributed by atoms with Gasteiger partial charge in [-0.3, -0.25) is 4.90 Å². The van der Waals surface area contributed by atoms with Crippen molar-refractivity contribution < 1.29 is 4.74 Å². The Morgan fingerprint density at radius 1 is 1.12 bits per heavy atom. The lowest BCUT2D eigenvalue weighted by Gasteiger charge is -2.44. The van der Waals surface area contributed by atoms with Crippen LogP contribution in [0.1, 0.15) is 41.5 Å². The second-order valence-corrected chi connectivity index (χ2v) is 7.21. The molecule has 3 unspecified atom stereocenters. The summed E-state index contributed by atoms with van der Waals surface area (Å²) in [5.74, 6) is 0.569. The maximum atomic E-state index is 5.71. The number of rotatable bonds is 0. The van der Waals surface area contributed by atoms with Crippen molar-refractivity contribution in [3.8, 4) is 0 Å². The lowest BCUT2D eigenvalue weighted by atomic mass is 9.78. The largest absolute Gasteiger partial charge is 0.496 e. The molecule has 0 spiro atoms. The first-order valence-electron chi connectivity index (χ1n) is 6.30. The highest BCUT2D eigenvalue weighted by atomic mass is 16.5. The smallest absolute Gasteiger partial charge is 0.118 e. The molecule has 0 N–H and O–H groups in total. The van der Waals surface area contributed by atoms with Crippen molar-refractivity contribution in [2.75, 3.05) is 6.54 Å². The fourth-order valence-electron chi connectivity index (χ4n) is 3.18. The number of hydrogen-bond donors (Lipinski definition) is 0. The summed E-state index contributed by atoms with van der Waals surface area (Å²) in [5.41, 5.74) is 0.518. The van der Waals surface area contributed by atoms with Gasteiger partial charge in [0.2, 0.25) is 0 Å². The predicted octanol–water partition coefficient (Wildman–Crippen LogP) is 3.04. The highest BCUT2D eigenvalue weighted by Crippen LogP contribution is 2.44. The third-order valence-corrected chi connectivity index (χ3v) is 3.81. The van der Waals surface area contributed by atoms with Crippen molar-refractivity contribution in [2.45, 2.75) is 59.2 Å². The van der Waals surface area contributed by atoms with Crippen LogP contribution in [-0.2, 0) is 4.74 Å². The topological polar surface area (TPSA) is 12.5 Å². The molecule has 0 amide bonds. The first-order valence-corrected chi connectivity index (χ1v) is 6.30. The Morgan fingerprint density at radius 3 is 2.25 bits per heavy atom. The van der Waals surface area contributed by atoms with Gasteiger partial charge in [0.25, 0.3) is 0 Å². The van der Waals surface area contributed by atoms with Gasteiger partial charge in [0.15, 0.2) is 0 Å². The lowest BCUT2D eigenvalue weighted by Crippen LogP contribution is -2.51. The summed E-state index contributed by atoms with van der Waals surface area (Å²) >= 11 is 0. The molecule has 1 saturated heterocycles. The van der Waals surface area contributed by atoms with Crippen LogP contribution in [0.2, 0.25) is 0 Å². The van der Waals surface area contributed by atoms with Gasteiger partial charge in [-0.15, -0.1) is 0 Å². The van der Waals surface area contributed by atoms with Crippen molar-refractivity contribution in [1.29, 1.82) is 0 Å². The molecule has 0 aromatic heterocycles. The van der Waals surface area contributed by atoms with Gasteiger partial charge in [-0.2, -0.15) is 0 Å². The van der Waals surface area contributed by atoms with Crippen LogP contribution in [-0.4, -0.2) is 29.1 Å². The van der Waals surface area contributed by atoms with Crippen LogP contribution in [0, 0.1) is 11.3 Å². The minimum atomic E-state index is 0.222. The Kier molecular flexibility index (Phi) is 2.61. The fraction of sp³-hybridized carbons (Fsp3) is 0.857. The summed E-state index contributed by atoms with van der Waals surface area (Å²) < 4.78 is 5.71. The summed E-state index contributed by atoms with van der Waals surface area (Å²) in [4.78, 5) is 2.62. The van der Waals surface area contributed by atoms with Crippen LogP contribution in [0.5, 0.6) is 0 Å². The van der Waals surface area contributed by atoms with Crippen LogP contribution in [0.25, 0.3) is 0 Å². The molecule has 3 atom stereocenters. The Balaban J connectivity index is 2.30. The molecule has 0 aliphatic carbocycles. The lowest BCUT2D eigenvalue weighted by molar-refractivity contribution is 0.0452. The van der Waals surface area contributed by atoms with Crippen LogP contribution >= 0.6 is 0 Å². The van der Waals surface area contributed by atoms with E-state index in [1.54, 1.807) is 0 Å². The van der Waals surface area contributed by atoms with E-state index in [0.717, 1.165) is 6.54 Å². The minimum Gasteiger partial charge on any atom is -0.496 e. The highest BCUT2D eigenvalue weighted by molar-refractivity contribution is 5.12. The first-order chi connectivity index (χ1) is 7.21. The van der Waals surface area contributed by atoms with Crippen molar-refractivity contribution in [3.63, 3.8) is 0 Å². The molecule has 92 valence electrons. The van der Waals surface area contributed by atoms with E-state index in [2.05, 4.69) is 52.5 Å². The molecule has 2 aliphatic rings. The van der Waals surface area contributed by atoms with Gasteiger partial charge in [0.1, 0.15) is 6.10 Å². The standard InChI is InChI=1S/C14H25NO/c1-13(2,3)12-10-7-8-16-11(10)9-15(12)14(4,5)6/h7-8,10-12H,9H2,1-6H3. The maximum absolute atomic E-state index is 5.71. The number of hydrogen-bond acceptors (Lipinski definition) is 2. The normalized spacial score (nSPS) is 35.2. The molecule has 2 heterocycles. The van der Waals surface area contributed by atoms with E-state index in [9.17, 15) is 0 Å². The summed E-state index contributed by atoms with van der Waals surface area (Å²) in [6, 6.07) is 0.580. The summed E-state index contributed by atoms with van der Waals surface area (Å²) in [6.07, 6.45) is 4.53. The van der Waals surface area contributed by atoms with Gasteiger partial charge in [-0.1, -0.05) is 20.8 Å². The van der Waals surface area contributed by atoms with Crippen molar-refractivity contribution in [2.24, 2.45) is 11.3 Å². The van der Waals surface area contributed by atoms with E-state index in [-0.39, 0.29) is 5.54 Å². The Hall–Kier alpha value is -0.500. The van der Waals surface area contributed by atoms with Crippen LogP contribution in [0.3, 0.4) is 0 Å². The number of nitrogens with zero attached hydrogens (tertiary/aromatic N) is 1. The molecule has 2 aliphatic heterocycles. The molecule has 1 fully saturated rings. The minimum absolute atomic E-state index is 0.222. The third kappa shape index (κ3) is 1.88. The van der Waals surface area contributed by atoms with Crippen molar-refractivity contribution in [3.05, 3.63) is 12.3 Å². The third-order valence-electron chi connectivity index (χ3n) is 3.81. The van der Waals surface area contributed by atoms with E-state index < -0.39 is 0 Å². The van der Waals surface area contributed by atoms with Gasteiger partial charge in [0.05, 0.1) is 6.26 Å². The molecular formula is C14H25NO. The maximum Gasteiger partial charge on any atom is 0.118 e. The molecule has 2 heteroatoms. The van der Waals surface area contributed by atoms with Gasteiger partial charge >= 0.3 is 0 Å². The van der Waals surface area contributed by atoms with E-state index >= 15 is 0 Å². The first kappa shape index (κ1) is 12.0. The molecule has 0 radical (unpaired) electrons. The zero-order valence-electron chi connectivity index (χ0n) is 11.4. The van der Waals surface area contributed by atoms with E-state index in [1.807, 2.05) is 6.26 Å². The van der Waals surface area contributed by atoms with Crippen molar-refractivity contribution in [1.82, 2.24) is 4.90 Å². The number of fused-ring (bicyclic) bond motifs is 1. The molecule has 0 saturated carbocycles. The summed E-state index contributed by atoms with van der Waals surface area (Å²) in [5, 5.41) is 0. The molecule has 2 nitrogen and oxygen atoms in total. The summed E-state index contributed by atoms with van der Waals surface area (Å²) in [7, 11) is 0. The van der Waals surface area contributed by atoms with Gasteiger partial charge in [-0.05, 0) is 32.3 Å². The average Bonchev–Trinajstić information content (AvgIpc) is 2.53. The highest BCUT2D eigenvalue weighted by Gasteiger charge is 2.51. The van der Waals surface area contributed by atoms with Gasteiger partial charge < -0.3 is 4.74 Å². The van der Waals surface area contributed by atoms with E-state index in [0.29, 0.717) is 23.5 Å². The van der Waals surface area contributed by atoms with Crippen molar-refractivity contribution >= 4 is 0 Å². The van der Waals surface area contributed by atoms with Crippen LogP contribution in [0.4, 0.5) is 0 Å². The predicted molar refractivity (Wildman–Crippen MR) is 67.2 cm³/mol. The second kappa shape index (κ2) is 3.49. The zero-order valence-corrected chi connectivity index (χ0v) is 11.4. The Bertz CT molecular complexity index is 295. The molecule has 16 heavy (non-hydrogen) atoms. The Morgan fingerprint density at radius 2 is 1.75 bits per heavy atom. The average molecular weight is 223 g/mol. The monoisotopic (exact) mass is 223 g/mol. The van der Waals surface area contributed by atoms with Crippen LogP contribution in [0.15, 0.2) is 12.3 Å². The molecule has 0 aromatic rings. The fourth-order valence-corrected chi connectivity index (χ4v) is 3.18. The molecule has 2 rings (SSSR count). The molecule has 0 bridgehead atoms. The quantitative estimate of drug-likeness (QED) is 0.626. The molecule has 0 aromatic carbocycles. The SMILES string of the molecule is CC(C)(C)C1C2C=COC2CN1C(C)(C)C. The van der Waals surface area contributed by atoms with E-state index in [4.69, 9.17) is 4.74 Å². The van der Waals surface area contributed by atoms with Gasteiger partial charge in [0, 0.05) is 24.0 Å². The van der Waals surface area contributed by atoms with E-state index in [1.165, 1.54) is 0 Å². The summed E-state index contributed by atoms with van der Waals surface area (Å²) in [6.45, 7) is 15.0. The number of ether oxygens (including phenoxy) is 1. The second-order valence-electron chi connectivity index (χ2n) is 7.21. The van der Waals surface area contributed by atoms with Gasteiger partial charge in [-0.25, -0.2) is 0 Å². The number of likely N-dealkylation sites (tertiary alicyclic amines) is 1. The molecular weight excluding hydrogens is 198 g/mol.